The summed E-state index contributed by atoms with van der Waals surface area (Å²) in [6, 6.07) is -0.633. The van der Waals surface area contributed by atoms with Gasteiger partial charge < -0.3 is 20.3 Å². The smallest absolute Gasteiger partial charge is 0.305 e. The minimum absolute atomic E-state index is 0.0113. The number of rotatable bonds is 59. The van der Waals surface area contributed by atoms with Gasteiger partial charge in [0.25, 0.3) is 0 Å². The second-order valence-corrected chi connectivity index (χ2v) is 21.7. The van der Waals surface area contributed by atoms with Crippen molar-refractivity contribution in [3.05, 3.63) is 24.3 Å². The van der Waals surface area contributed by atoms with Crippen LogP contribution in [0.15, 0.2) is 24.3 Å². The molecule has 2 unspecified atom stereocenters. The molecular formula is C64H123NO5. The molecule has 6 heteroatoms. The Balaban J connectivity index is 3.44. The molecule has 0 aliphatic carbocycles. The van der Waals surface area contributed by atoms with Crippen molar-refractivity contribution < 1.29 is 24.5 Å². The van der Waals surface area contributed by atoms with Crippen molar-refractivity contribution in [1.82, 2.24) is 5.32 Å². The van der Waals surface area contributed by atoms with Gasteiger partial charge in [0.05, 0.1) is 25.4 Å². The molecule has 0 spiro atoms. The van der Waals surface area contributed by atoms with Gasteiger partial charge in [-0.2, -0.15) is 0 Å². The summed E-state index contributed by atoms with van der Waals surface area (Å²) in [5.41, 5.74) is 0. The third-order valence-electron chi connectivity index (χ3n) is 14.7. The SMILES string of the molecule is CCCCCCCCCCCCCCCCCC/C=C/C(O)C(CO)NC(=O)CCCCCCCCC/C=C\CCCCCCCCCCCCCOC(=O)CCCCCCCCCCCCCCC. The van der Waals surface area contributed by atoms with Crippen molar-refractivity contribution in [2.75, 3.05) is 13.2 Å². The predicted octanol–water partition coefficient (Wildman–Crippen LogP) is 19.8. The second-order valence-electron chi connectivity index (χ2n) is 21.7. The van der Waals surface area contributed by atoms with Crippen molar-refractivity contribution in [3.63, 3.8) is 0 Å². The van der Waals surface area contributed by atoms with Crippen molar-refractivity contribution in [1.29, 1.82) is 0 Å². The molecule has 2 atom stereocenters. The van der Waals surface area contributed by atoms with E-state index in [0.29, 0.717) is 19.4 Å². The highest BCUT2D eigenvalue weighted by Gasteiger charge is 2.18. The van der Waals surface area contributed by atoms with Crippen LogP contribution in [0, 0.1) is 0 Å². The average Bonchev–Trinajstić information content (AvgIpc) is 3.36. The molecule has 70 heavy (non-hydrogen) atoms. The Hall–Kier alpha value is -1.66. The summed E-state index contributed by atoms with van der Waals surface area (Å²) in [6.45, 7) is 4.92. The van der Waals surface area contributed by atoms with Crippen LogP contribution in [0.4, 0.5) is 0 Å². The van der Waals surface area contributed by atoms with Gasteiger partial charge >= 0.3 is 5.97 Å². The molecule has 0 saturated carbocycles. The van der Waals surface area contributed by atoms with Gasteiger partial charge in [-0.05, 0) is 57.8 Å². The van der Waals surface area contributed by atoms with Gasteiger partial charge in [-0.15, -0.1) is 0 Å². The average molecular weight is 987 g/mol. The Bertz CT molecular complexity index is 1090. The Morgan fingerprint density at radius 1 is 0.386 bits per heavy atom. The fraction of sp³-hybridized carbons (Fsp3) is 0.906. The van der Waals surface area contributed by atoms with Gasteiger partial charge in [0.1, 0.15) is 0 Å². The topological polar surface area (TPSA) is 95.9 Å². The van der Waals surface area contributed by atoms with Crippen LogP contribution in [0.5, 0.6) is 0 Å². The molecule has 1 amide bonds. The maximum Gasteiger partial charge on any atom is 0.305 e. The van der Waals surface area contributed by atoms with Crippen LogP contribution >= 0.6 is 0 Å². The standard InChI is InChI=1S/C64H123NO5/c1-3-5-7-9-11-13-15-17-18-19-26-29-33-36-40-44-48-52-56-62(67)61(60-66)65-63(68)57-53-49-45-41-37-34-30-27-24-22-20-21-23-25-28-31-35-39-43-47-51-55-59-70-64(69)58-54-50-46-42-38-32-16-14-12-10-8-6-4-2/h22,24,52,56,61-62,66-67H,3-21,23,25-51,53-55,57-60H2,1-2H3,(H,65,68)/b24-22-,56-52+. The minimum Gasteiger partial charge on any atom is -0.466 e. The number of allylic oxidation sites excluding steroid dienone is 3. The molecule has 3 N–H and O–H groups in total. The molecule has 0 fully saturated rings. The molecule has 0 bridgehead atoms. The van der Waals surface area contributed by atoms with E-state index in [1.54, 1.807) is 6.08 Å². The molecule has 0 heterocycles. The molecule has 0 saturated heterocycles. The lowest BCUT2D eigenvalue weighted by molar-refractivity contribution is -0.143. The first kappa shape index (κ1) is 68.3. The molecule has 0 aromatic heterocycles. The van der Waals surface area contributed by atoms with Gasteiger partial charge in [-0.3, -0.25) is 9.59 Å². The number of amides is 1. The lowest BCUT2D eigenvalue weighted by Gasteiger charge is -2.20. The van der Waals surface area contributed by atoms with E-state index in [-0.39, 0.29) is 18.5 Å². The lowest BCUT2D eigenvalue weighted by atomic mass is 10.0. The van der Waals surface area contributed by atoms with E-state index < -0.39 is 12.1 Å². The maximum absolute atomic E-state index is 12.5. The number of unbranched alkanes of at least 4 members (excludes halogenated alkanes) is 46. The fourth-order valence-corrected chi connectivity index (χ4v) is 9.87. The maximum atomic E-state index is 12.5. The molecule has 0 aliphatic rings. The van der Waals surface area contributed by atoms with E-state index in [2.05, 4.69) is 31.3 Å². The summed E-state index contributed by atoms with van der Waals surface area (Å²) in [4.78, 5) is 24.5. The minimum atomic E-state index is -0.849. The molecular weight excluding hydrogens is 863 g/mol. The molecule has 0 radical (unpaired) electrons. The normalized spacial score (nSPS) is 12.7. The number of hydrogen-bond donors (Lipinski definition) is 3. The first-order chi connectivity index (χ1) is 34.5. The summed E-state index contributed by atoms with van der Waals surface area (Å²) in [5, 5.41) is 23.2. The Morgan fingerprint density at radius 2 is 0.671 bits per heavy atom. The number of esters is 1. The van der Waals surface area contributed by atoms with Crippen LogP contribution < -0.4 is 5.32 Å². The van der Waals surface area contributed by atoms with Crippen LogP contribution in [-0.2, 0) is 14.3 Å². The van der Waals surface area contributed by atoms with Gasteiger partial charge in [-0.25, -0.2) is 0 Å². The van der Waals surface area contributed by atoms with E-state index in [9.17, 15) is 19.8 Å². The third kappa shape index (κ3) is 55.7. The number of ether oxygens (including phenoxy) is 1. The summed E-state index contributed by atoms with van der Waals surface area (Å²) >= 11 is 0. The van der Waals surface area contributed by atoms with E-state index in [0.717, 1.165) is 44.9 Å². The number of carbonyl (C=O) groups excluding carboxylic acids is 2. The van der Waals surface area contributed by atoms with Gasteiger partial charge in [-0.1, -0.05) is 301 Å². The Labute approximate surface area is 437 Å². The first-order valence-corrected chi connectivity index (χ1v) is 31.6. The van der Waals surface area contributed by atoms with Crippen LogP contribution in [0.1, 0.15) is 348 Å². The zero-order chi connectivity index (χ0) is 50.7. The van der Waals surface area contributed by atoms with Crippen LogP contribution in [0.25, 0.3) is 0 Å². The van der Waals surface area contributed by atoms with E-state index in [4.69, 9.17) is 4.74 Å². The van der Waals surface area contributed by atoms with E-state index in [1.807, 2.05) is 6.08 Å². The number of nitrogens with one attached hydrogen (secondary N) is 1. The molecule has 6 nitrogen and oxygen atoms in total. The van der Waals surface area contributed by atoms with Crippen LogP contribution in [0.3, 0.4) is 0 Å². The van der Waals surface area contributed by atoms with Crippen molar-refractivity contribution in [3.8, 4) is 0 Å². The Morgan fingerprint density at radius 3 is 1.01 bits per heavy atom. The highest BCUT2D eigenvalue weighted by molar-refractivity contribution is 5.76. The highest BCUT2D eigenvalue weighted by Crippen LogP contribution is 2.17. The summed E-state index contributed by atoms with van der Waals surface area (Å²) < 4.78 is 5.48. The highest BCUT2D eigenvalue weighted by atomic mass is 16.5. The van der Waals surface area contributed by atoms with Gasteiger partial charge in [0, 0.05) is 12.8 Å². The fourth-order valence-electron chi connectivity index (χ4n) is 9.87. The number of aliphatic hydroxyl groups excluding tert-OH is 2. The molecule has 0 aromatic carbocycles. The number of carbonyl (C=O) groups is 2. The van der Waals surface area contributed by atoms with E-state index in [1.165, 1.54) is 276 Å². The Kier molecular flexibility index (Phi) is 58.5. The summed E-state index contributed by atoms with van der Waals surface area (Å²) in [5.74, 6) is -0.0610. The van der Waals surface area contributed by atoms with Crippen molar-refractivity contribution in [2.45, 2.75) is 360 Å². The number of hydrogen-bond acceptors (Lipinski definition) is 5. The third-order valence-corrected chi connectivity index (χ3v) is 14.7. The number of aliphatic hydroxyl groups is 2. The van der Waals surface area contributed by atoms with E-state index >= 15 is 0 Å². The van der Waals surface area contributed by atoms with Crippen molar-refractivity contribution >= 4 is 11.9 Å². The monoisotopic (exact) mass is 986 g/mol. The zero-order valence-electron chi connectivity index (χ0n) is 47.3. The lowest BCUT2D eigenvalue weighted by Crippen LogP contribution is -2.45. The molecule has 0 aliphatic heterocycles. The van der Waals surface area contributed by atoms with Gasteiger partial charge in [0.15, 0.2) is 0 Å². The zero-order valence-corrected chi connectivity index (χ0v) is 47.3. The largest absolute Gasteiger partial charge is 0.466 e. The first-order valence-electron chi connectivity index (χ1n) is 31.6. The second kappa shape index (κ2) is 59.9. The quantitative estimate of drug-likeness (QED) is 0.0321. The van der Waals surface area contributed by atoms with Crippen LogP contribution in [-0.4, -0.2) is 47.4 Å². The van der Waals surface area contributed by atoms with Gasteiger partial charge in [0.2, 0.25) is 5.91 Å². The molecule has 414 valence electrons. The summed E-state index contributed by atoms with van der Waals surface area (Å²) in [6.07, 6.45) is 73.6. The predicted molar refractivity (Wildman–Crippen MR) is 306 cm³/mol. The molecule has 0 aromatic rings. The van der Waals surface area contributed by atoms with Crippen LogP contribution in [0.2, 0.25) is 0 Å². The molecule has 0 rings (SSSR count). The van der Waals surface area contributed by atoms with Crippen molar-refractivity contribution in [2.24, 2.45) is 0 Å². The summed E-state index contributed by atoms with van der Waals surface area (Å²) in [7, 11) is 0.